The van der Waals surface area contributed by atoms with E-state index in [1.807, 2.05) is 19.1 Å². The molecule has 1 amide bonds. The summed E-state index contributed by atoms with van der Waals surface area (Å²) in [6, 6.07) is 7.58. The zero-order valence-electron chi connectivity index (χ0n) is 14.7. The predicted molar refractivity (Wildman–Crippen MR) is 109 cm³/mol. The molecule has 0 saturated heterocycles. The third-order valence-corrected chi connectivity index (χ3v) is 6.49. The van der Waals surface area contributed by atoms with Gasteiger partial charge in [0.2, 0.25) is 0 Å². The van der Waals surface area contributed by atoms with Gasteiger partial charge in [0.25, 0.3) is 5.91 Å². The lowest BCUT2D eigenvalue weighted by atomic mass is 9.87. The van der Waals surface area contributed by atoms with E-state index < -0.39 is 0 Å². The van der Waals surface area contributed by atoms with E-state index in [1.165, 1.54) is 16.9 Å². The number of fused-ring (bicyclic) bond motifs is 2. The monoisotopic (exact) mass is 385 g/mol. The number of nitrogens with one attached hydrogen (secondary N) is 1. The average molecular weight is 386 g/mol. The number of nitrogen functional groups attached to an aromatic ring is 1. The number of benzene rings is 1. The van der Waals surface area contributed by atoms with E-state index in [0.29, 0.717) is 27.2 Å². The third kappa shape index (κ3) is 3.06. The van der Waals surface area contributed by atoms with Crippen molar-refractivity contribution in [2.24, 2.45) is 5.92 Å². The number of carbonyl (C=O) groups is 1. The summed E-state index contributed by atoms with van der Waals surface area (Å²) in [5.41, 5.74) is 10.8. The summed E-state index contributed by atoms with van der Waals surface area (Å²) in [5.74, 6) is 0.437. The Morgan fingerprint density at radius 1 is 1.38 bits per heavy atom. The minimum atomic E-state index is -0.225. The molecular weight excluding hydrogens is 366 g/mol. The second-order valence-corrected chi connectivity index (χ2v) is 8.46. The second kappa shape index (κ2) is 6.56. The van der Waals surface area contributed by atoms with Crippen molar-refractivity contribution >= 4 is 50.4 Å². The lowest BCUT2D eigenvalue weighted by Crippen LogP contribution is -2.13. The number of carbonyl (C=O) groups excluding carboxylic acids is 1. The van der Waals surface area contributed by atoms with Gasteiger partial charge in [0.05, 0.1) is 5.69 Å². The van der Waals surface area contributed by atoms with Crippen LogP contribution >= 0.6 is 22.9 Å². The van der Waals surface area contributed by atoms with Crippen LogP contribution in [0.3, 0.4) is 0 Å². The van der Waals surface area contributed by atoms with Gasteiger partial charge in [0.15, 0.2) is 0 Å². The Bertz CT molecular complexity index is 1030. The zero-order chi connectivity index (χ0) is 18.4. The Labute approximate surface area is 161 Å². The number of halogens is 1. The summed E-state index contributed by atoms with van der Waals surface area (Å²) in [6.07, 6.45) is 3.18. The minimum absolute atomic E-state index is 0.225. The number of rotatable bonds is 2. The van der Waals surface area contributed by atoms with E-state index in [4.69, 9.17) is 22.3 Å². The number of aromatic nitrogens is 1. The summed E-state index contributed by atoms with van der Waals surface area (Å²) in [4.78, 5) is 18.8. The van der Waals surface area contributed by atoms with Gasteiger partial charge in [-0.15, -0.1) is 11.3 Å². The molecule has 0 bridgehead atoms. The first-order valence-electron chi connectivity index (χ1n) is 8.70. The smallest absolute Gasteiger partial charge is 0.267 e. The summed E-state index contributed by atoms with van der Waals surface area (Å²) >= 11 is 7.49. The molecule has 3 N–H and O–H groups in total. The second-order valence-electron chi connectivity index (χ2n) is 7.06. The van der Waals surface area contributed by atoms with E-state index in [9.17, 15) is 4.79 Å². The normalized spacial score (nSPS) is 16.5. The molecule has 4 nitrogen and oxygen atoms in total. The van der Waals surface area contributed by atoms with Crippen molar-refractivity contribution in [1.82, 2.24) is 4.98 Å². The Kier molecular flexibility index (Phi) is 4.37. The summed E-state index contributed by atoms with van der Waals surface area (Å²) in [6.45, 7) is 4.18. The first kappa shape index (κ1) is 17.3. The maximum Gasteiger partial charge on any atom is 0.267 e. The van der Waals surface area contributed by atoms with Crippen LogP contribution < -0.4 is 11.1 Å². The fraction of sp³-hybridized carbons (Fsp3) is 0.300. The van der Waals surface area contributed by atoms with Crippen LogP contribution in [0.25, 0.3) is 10.2 Å². The minimum Gasteiger partial charge on any atom is -0.397 e. The number of nitrogens with zero attached hydrogens (tertiary/aromatic N) is 1. The molecule has 0 fully saturated rings. The molecular formula is C20H20ClN3OS. The molecule has 1 aromatic carbocycles. The first-order valence-corrected chi connectivity index (χ1v) is 9.90. The van der Waals surface area contributed by atoms with Crippen LogP contribution in [0.5, 0.6) is 0 Å². The molecule has 0 saturated carbocycles. The topological polar surface area (TPSA) is 68.0 Å². The first-order chi connectivity index (χ1) is 12.4. The number of amides is 1. The molecule has 1 aliphatic carbocycles. The number of pyridine rings is 1. The van der Waals surface area contributed by atoms with Crippen molar-refractivity contribution in [3.63, 3.8) is 0 Å². The highest BCUT2D eigenvalue weighted by Gasteiger charge is 2.22. The molecule has 134 valence electrons. The highest BCUT2D eigenvalue weighted by molar-refractivity contribution is 7.21. The molecule has 4 rings (SSSR count). The summed E-state index contributed by atoms with van der Waals surface area (Å²) < 4.78 is 0. The van der Waals surface area contributed by atoms with Crippen LogP contribution in [-0.2, 0) is 12.8 Å². The number of aryl methyl sites for hydroxylation is 2. The Balaban J connectivity index is 1.68. The van der Waals surface area contributed by atoms with Crippen LogP contribution in [-0.4, -0.2) is 10.9 Å². The molecule has 0 aliphatic heterocycles. The number of hydrogen-bond acceptors (Lipinski definition) is 4. The van der Waals surface area contributed by atoms with Crippen LogP contribution in [0.15, 0.2) is 24.3 Å². The van der Waals surface area contributed by atoms with Crippen molar-refractivity contribution in [3.05, 3.63) is 51.0 Å². The molecule has 1 unspecified atom stereocenters. The molecule has 1 aliphatic rings. The van der Waals surface area contributed by atoms with E-state index in [2.05, 4.69) is 18.3 Å². The van der Waals surface area contributed by atoms with E-state index in [-0.39, 0.29) is 5.91 Å². The Morgan fingerprint density at radius 2 is 2.19 bits per heavy atom. The van der Waals surface area contributed by atoms with Gasteiger partial charge in [-0.1, -0.05) is 24.6 Å². The molecule has 3 aromatic rings. The SMILES string of the molecule is Cc1ccc(NC(=O)c2sc3nc4c(cc3c2N)CC(C)CC4)cc1Cl. The Morgan fingerprint density at radius 3 is 2.96 bits per heavy atom. The molecule has 26 heavy (non-hydrogen) atoms. The fourth-order valence-electron chi connectivity index (χ4n) is 3.40. The molecule has 0 radical (unpaired) electrons. The zero-order valence-corrected chi connectivity index (χ0v) is 16.3. The molecule has 2 aromatic heterocycles. The largest absolute Gasteiger partial charge is 0.397 e. The quantitative estimate of drug-likeness (QED) is 0.635. The highest BCUT2D eigenvalue weighted by Crippen LogP contribution is 2.36. The van der Waals surface area contributed by atoms with Gasteiger partial charge in [-0.2, -0.15) is 0 Å². The summed E-state index contributed by atoms with van der Waals surface area (Å²) in [5, 5.41) is 4.39. The number of thiophene rings is 1. The maximum absolute atomic E-state index is 12.7. The van der Waals surface area contributed by atoms with E-state index in [1.54, 1.807) is 6.07 Å². The van der Waals surface area contributed by atoms with Gasteiger partial charge in [0, 0.05) is 21.8 Å². The van der Waals surface area contributed by atoms with Gasteiger partial charge in [-0.05, 0) is 61.4 Å². The average Bonchev–Trinajstić information content (AvgIpc) is 2.92. The van der Waals surface area contributed by atoms with Crippen LogP contribution in [0.2, 0.25) is 5.02 Å². The fourth-order valence-corrected chi connectivity index (χ4v) is 4.57. The van der Waals surface area contributed by atoms with Gasteiger partial charge in [0.1, 0.15) is 9.71 Å². The van der Waals surface area contributed by atoms with Crippen LogP contribution in [0.1, 0.15) is 39.8 Å². The summed E-state index contributed by atoms with van der Waals surface area (Å²) in [7, 11) is 0. The number of nitrogens with two attached hydrogens (primary N) is 1. The molecule has 6 heteroatoms. The van der Waals surface area contributed by atoms with Crippen molar-refractivity contribution in [3.8, 4) is 0 Å². The van der Waals surface area contributed by atoms with Gasteiger partial charge in [-0.3, -0.25) is 4.79 Å². The predicted octanol–water partition coefficient (Wildman–Crippen LogP) is 5.22. The molecule has 1 atom stereocenters. The third-order valence-electron chi connectivity index (χ3n) is 4.97. The lowest BCUT2D eigenvalue weighted by Gasteiger charge is -2.20. The number of hydrogen-bond donors (Lipinski definition) is 2. The van der Waals surface area contributed by atoms with Gasteiger partial charge < -0.3 is 11.1 Å². The van der Waals surface area contributed by atoms with Crippen molar-refractivity contribution in [2.75, 3.05) is 11.1 Å². The Hall–Kier alpha value is -2.11. The highest BCUT2D eigenvalue weighted by atomic mass is 35.5. The molecule has 0 spiro atoms. The van der Waals surface area contributed by atoms with E-state index in [0.717, 1.165) is 40.7 Å². The van der Waals surface area contributed by atoms with Crippen molar-refractivity contribution in [2.45, 2.75) is 33.1 Å². The molecule has 2 heterocycles. The maximum atomic E-state index is 12.7. The van der Waals surface area contributed by atoms with Crippen LogP contribution in [0.4, 0.5) is 11.4 Å². The standard InChI is InChI=1S/C20H20ClN3OS/c1-10-3-6-16-12(7-10)8-14-17(22)18(26-20(14)24-16)19(25)23-13-5-4-11(2)15(21)9-13/h4-5,8-10H,3,6-7,22H2,1-2H3,(H,23,25). The lowest BCUT2D eigenvalue weighted by molar-refractivity contribution is 0.103. The number of anilines is 2. The van der Waals surface area contributed by atoms with Crippen molar-refractivity contribution < 1.29 is 4.79 Å². The van der Waals surface area contributed by atoms with Crippen LogP contribution in [0, 0.1) is 12.8 Å². The van der Waals surface area contributed by atoms with Gasteiger partial charge in [-0.25, -0.2) is 4.98 Å². The van der Waals surface area contributed by atoms with Gasteiger partial charge >= 0.3 is 0 Å². The van der Waals surface area contributed by atoms with Crippen molar-refractivity contribution in [1.29, 1.82) is 0 Å². The van der Waals surface area contributed by atoms with E-state index >= 15 is 0 Å².